The molecule has 2 aromatic carbocycles. The third-order valence-electron chi connectivity index (χ3n) is 3.24. The van der Waals surface area contributed by atoms with Gasteiger partial charge in [0.1, 0.15) is 16.4 Å². The number of anilines is 1. The molecule has 0 bridgehead atoms. The van der Waals surface area contributed by atoms with Gasteiger partial charge in [-0.1, -0.05) is 30.3 Å². The number of rotatable bonds is 4. The number of aromatic nitrogens is 2. The average Bonchev–Trinajstić information content (AvgIpc) is 3.24. The van der Waals surface area contributed by atoms with E-state index in [4.69, 9.17) is 0 Å². The lowest BCUT2D eigenvalue weighted by atomic mass is 10.2. The van der Waals surface area contributed by atoms with E-state index in [1.165, 1.54) is 22.7 Å². The minimum absolute atomic E-state index is 0.622. The highest BCUT2D eigenvalue weighted by molar-refractivity contribution is 7.92. The third-order valence-corrected chi connectivity index (χ3v) is 6.00. The first kappa shape index (κ1) is 14.6. The molecule has 1 unspecified atom stereocenters. The molecule has 0 amide bonds. The third kappa shape index (κ3) is 3.09. The minimum Gasteiger partial charge on any atom is -0.588 e. The summed E-state index contributed by atoms with van der Waals surface area (Å²) < 4.78 is 16.5. The van der Waals surface area contributed by atoms with Crippen LogP contribution in [-0.4, -0.2) is 14.5 Å². The number of fused-ring (bicyclic) bond motifs is 1. The van der Waals surface area contributed by atoms with Crippen LogP contribution < -0.4 is 4.72 Å². The van der Waals surface area contributed by atoms with Gasteiger partial charge in [0, 0.05) is 17.0 Å². The zero-order valence-electron chi connectivity index (χ0n) is 11.8. The Morgan fingerprint density at radius 1 is 1.04 bits per heavy atom. The van der Waals surface area contributed by atoms with Gasteiger partial charge >= 0.3 is 0 Å². The first-order valence-corrected chi connectivity index (χ1v) is 9.73. The number of nitrogens with one attached hydrogen (secondary N) is 1. The van der Waals surface area contributed by atoms with Crippen LogP contribution in [0.3, 0.4) is 0 Å². The molecule has 23 heavy (non-hydrogen) atoms. The second kappa shape index (κ2) is 6.29. The Morgan fingerprint density at radius 3 is 2.78 bits per heavy atom. The van der Waals surface area contributed by atoms with Crippen molar-refractivity contribution in [3.63, 3.8) is 0 Å². The molecule has 0 spiro atoms. The van der Waals surface area contributed by atoms with Crippen molar-refractivity contribution in [1.82, 2.24) is 9.97 Å². The highest BCUT2D eigenvalue weighted by Crippen LogP contribution is 2.28. The van der Waals surface area contributed by atoms with Crippen molar-refractivity contribution in [2.45, 2.75) is 4.90 Å². The van der Waals surface area contributed by atoms with Crippen LogP contribution in [-0.2, 0) is 11.4 Å². The molecule has 0 saturated carbocycles. The Balaban J connectivity index is 1.54. The van der Waals surface area contributed by atoms with Gasteiger partial charge in [-0.25, -0.2) is 9.97 Å². The second-order valence-electron chi connectivity index (χ2n) is 4.76. The van der Waals surface area contributed by atoms with Crippen molar-refractivity contribution in [3.05, 3.63) is 59.4 Å². The first-order chi connectivity index (χ1) is 11.3. The van der Waals surface area contributed by atoms with Crippen LogP contribution in [0, 0.1) is 0 Å². The molecule has 0 saturated heterocycles. The van der Waals surface area contributed by atoms with E-state index in [-0.39, 0.29) is 0 Å². The molecule has 0 radical (unpaired) electrons. The van der Waals surface area contributed by atoms with Crippen LogP contribution in [0.2, 0.25) is 0 Å². The van der Waals surface area contributed by atoms with Crippen LogP contribution in [0.1, 0.15) is 0 Å². The molecule has 4 aromatic rings. The molecule has 1 N–H and O–H groups in total. The fourth-order valence-electron chi connectivity index (χ4n) is 2.14. The van der Waals surface area contributed by atoms with Crippen molar-refractivity contribution >= 4 is 50.1 Å². The lowest BCUT2D eigenvalue weighted by Gasteiger charge is -2.09. The summed E-state index contributed by atoms with van der Waals surface area (Å²) in [5.74, 6) is 0.622. The zero-order chi connectivity index (χ0) is 15.6. The predicted molar refractivity (Wildman–Crippen MR) is 97.2 cm³/mol. The molecule has 4 rings (SSSR count). The van der Waals surface area contributed by atoms with Gasteiger partial charge < -0.3 is 4.55 Å². The maximum atomic E-state index is 12.5. The molecule has 1 atom stereocenters. The van der Waals surface area contributed by atoms with E-state index in [1.54, 1.807) is 5.51 Å². The predicted octanol–water partition coefficient (Wildman–Crippen LogP) is 4.55. The summed E-state index contributed by atoms with van der Waals surface area (Å²) in [6, 6.07) is 15.6. The van der Waals surface area contributed by atoms with E-state index in [9.17, 15) is 4.55 Å². The normalized spacial score (nSPS) is 12.4. The number of thiazole rings is 2. The van der Waals surface area contributed by atoms with Gasteiger partial charge in [-0.3, -0.25) is 0 Å². The number of hydrogen-bond acceptors (Lipinski definition) is 6. The van der Waals surface area contributed by atoms with Crippen molar-refractivity contribution in [2.24, 2.45) is 0 Å². The Kier molecular flexibility index (Phi) is 4.00. The SMILES string of the molecule is [O-][S+](Nc1csc(-c2ccccc2)n1)c1ccc2ncsc2c1. The van der Waals surface area contributed by atoms with E-state index in [0.717, 1.165) is 25.7 Å². The Labute approximate surface area is 144 Å². The first-order valence-electron chi connectivity index (χ1n) is 6.82. The molecular weight excluding hydrogens is 346 g/mol. The fraction of sp³-hybridized carbons (Fsp3) is 0. The van der Waals surface area contributed by atoms with Crippen molar-refractivity contribution in [1.29, 1.82) is 0 Å². The molecule has 7 heteroatoms. The second-order valence-corrected chi connectivity index (χ2v) is 7.71. The van der Waals surface area contributed by atoms with Crippen LogP contribution in [0.15, 0.2) is 64.3 Å². The molecular formula is C16H11N3OS3. The van der Waals surface area contributed by atoms with Gasteiger partial charge in [0.25, 0.3) is 0 Å². The van der Waals surface area contributed by atoms with Gasteiger partial charge in [-0.05, 0) is 12.1 Å². The lowest BCUT2D eigenvalue weighted by Crippen LogP contribution is -2.13. The summed E-state index contributed by atoms with van der Waals surface area (Å²) in [4.78, 5) is 9.45. The van der Waals surface area contributed by atoms with Crippen LogP contribution in [0.4, 0.5) is 5.82 Å². The van der Waals surface area contributed by atoms with E-state index in [2.05, 4.69) is 14.7 Å². The summed E-state index contributed by atoms with van der Waals surface area (Å²) in [5.41, 5.74) is 3.77. The Hall–Kier alpha value is -1.93. The number of benzene rings is 2. The molecule has 114 valence electrons. The van der Waals surface area contributed by atoms with Crippen molar-refractivity contribution in [2.75, 3.05) is 4.72 Å². The highest BCUT2D eigenvalue weighted by Gasteiger charge is 2.15. The highest BCUT2D eigenvalue weighted by atomic mass is 32.2. The molecule has 0 fully saturated rings. The summed E-state index contributed by atoms with van der Waals surface area (Å²) in [6.07, 6.45) is 0. The summed E-state index contributed by atoms with van der Waals surface area (Å²) in [6.45, 7) is 0. The van der Waals surface area contributed by atoms with Crippen LogP contribution in [0.25, 0.3) is 20.8 Å². The van der Waals surface area contributed by atoms with E-state index >= 15 is 0 Å². The van der Waals surface area contributed by atoms with Crippen molar-refractivity contribution < 1.29 is 4.55 Å². The summed E-state index contributed by atoms with van der Waals surface area (Å²) >= 11 is 1.72. The number of hydrogen-bond donors (Lipinski definition) is 1. The van der Waals surface area contributed by atoms with Crippen molar-refractivity contribution in [3.8, 4) is 10.6 Å². The largest absolute Gasteiger partial charge is 0.588 e. The molecule has 4 nitrogen and oxygen atoms in total. The smallest absolute Gasteiger partial charge is 0.182 e. The Morgan fingerprint density at radius 2 is 1.91 bits per heavy atom. The monoisotopic (exact) mass is 357 g/mol. The standard InChI is InChI=1S/C16H11N3OS3/c20-23(12-6-7-13-14(8-12)22-10-17-13)19-15-9-21-16(18-15)11-4-2-1-3-5-11/h1-10,19H. The minimum atomic E-state index is -1.34. The number of nitrogens with zero attached hydrogens (tertiary/aromatic N) is 2. The van der Waals surface area contributed by atoms with Crippen LogP contribution in [0.5, 0.6) is 0 Å². The maximum absolute atomic E-state index is 12.5. The molecule has 0 aliphatic rings. The van der Waals surface area contributed by atoms with Crippen LogP contribution >= 0.6 is 22.7 Å². The van der Waals surface area contributed by atoms with Gasteiger partial charge in [-0.2, -0.15) is 4.72 Å². The lowest BCUT2D eigenvalue weighted by molar-refractivity contribution is 0.600. The topological polar surface area (TPSA) is 60.9 Å². The molecule has 0 aliphatic carbocycles. The molecule has 2 heterocycles. The summed E-state index contributed by atoms with van der Waals surface area (Å²) in [5, 5.41) is 2.79. The van der Waals surface area contributed by atoms with Gasteiger partial charge in [0.05, 0.1) is 15.7 Å². The summed E-state index contributed by atoms with van der Waals surface area (Å²) in [7, 11) is 0. The van der Waals surface area contributed by atoms with E-state index in [0.29, 0.717) is 5.82 Å². The van der Waals surface area contributed by atoms with Gasteiger partial charge in [-0.15, -0.1) is 22.7 Å². The van der Waals surface area contributed by atoms with Gasteiger partial charge in [0.15, 0.2) is 10.7 Å². The fourth-order valence-corrected chi connectivity index (χ4v) is 4.59. The average molecular weight is 357 g/mol. The zero-order valence-corrected chi connectivity index (χ0v) is 14.3. The van der Waals surface area contributed by atoms with E-state index in [1.807, 2.05) is 53.9 Å². The maximum Gasteiger partial charge on any atom is 0.182 e. The molecule has 2 aromatic heterocycles. The quantitative estimate of drug-likeness (QED) is 0.544. The van der Waals surface area contributed by atoms with E-state index < -0.39 is 11.4 Å². The molecule has 0 aliphatic heterocycles. The van der Waals surface area contributed by atoms with Gasteiger partial charge in [0.2, 0.25) is 0 Å². The Bertz CT molecular complexity index is 936.